The van der Waals surface area contributed by atoms with Crippen LogP contribution in [-0.2, 0) is 4.79 Å². The number of unbranched alkanes of at least 4 members (excludes halogenated alkanes) is 3. The summed E-state index contributed by atoms with van der Waals surface area (Å²) in [5.41, 5.74) is 2.07. The molecule has 2 atom stereocenters. The number of rotatable bonds is 10. The molecule has 0 saturated heterocycles. The monoisotopic (exact) mass is 415 g/mol. The number of hydrogen-bond acceptors (Lipinski definition) is 5. The van der Waals surface area contributed by atoms with Gasteiger partial charge in [-0.3, -0.25) is 4.79 Å². The molecule has 1 fully saturated rings. The van der Waals surface area contributed by atoms with Crippen molar-refractivity contribution in [3.05, 3.63) is 23.8 Å². The van der Waals surface area contributed by atoms with Gasteiger partial charge in [0, 0.05) is 23.9 Å². The summed E-state index contributed by atoms with van der Waals surface area (Å²) in [5.74, 6) is 1.91. The number of fused-ring (bicyclic) bond motifs is 1. The van der Waals surface area contributed by atoms with Crippen molar-refractivity contribution in [2.75, 3.05) is 41.4 Å². The summed E-state index contributed by atoms with van der Waals surface area (Å²) >= 11 is 0. The molecule has 1 amide bonds. The van der Waals surface area contributed by atoms with E-state index in [2.05, 4.69) is 19.0 Å². The lowest BCUT2D eigenvalue weighted by Gasteiger charge is -2.38. The highest BCUT2D eigenvalue weighted by molar-refractivity contribution is 6.07. The molecule has 1 saturated carbocycles. The van der Waals surface area contributed by atoms with Crippen LogP contribution in [0.5, 0.6) is 11.5 Å². The van der Waals surface area contributed by atoms with Crippen molar-refractivity contribution in [2.24, 2.45) is 16.9 Å². The van der Waals surface area contributed by atoms with Gasteiger partial charge in [-0.15, -0.1) is 0 Å². The van der Waals surface area contributed by atoms with Crippen LogP contribution in [0.4, 0.5) is 0 Å². The summed E-state index contributed by atoms with van der Waals surface area (Å²) in [6.07, 6.45) is 8.81. The number of carbonyl (C=O) groups excluding carboxylic acids is 1. The van der Waals surface area contributed by atoms with Crippen molar-refractivity contribution in [1.82, 2.24) is 9.91 Å². The molecule has 1 aliphatic heterocycles. The van der Waals surface area contributed by atoms with Gasteiger partial charge in [-0.1, -0.05) is 25.7 Å². The molecule has 6 nitrogen and oxygen atoms in total. The van der Waals surface area contributed by atoms with Gasteiger partial charge in [0.15, 0.2) is 11.5 Å². The van der Waals surface area contributed by atoms with Crippen molar-refractivity contribution < 1.29 is 14.3 Å². The van der Waals surface area contributed by atoms with Crippen LogP contribution in [0.2, 0.25) is 0 Å². The standard InChI is InChI=1S/C24H37N3O3/c1-26(2)15-9-5-6-10-16-27-24(28)20-12-8-7-11-19(20)23(25-27)18-13-14-21(29-3)22(17-18)30-4/h13-14,17,19-20H,5-12,15-16H2,1-4H3/t19-,20+/m0/s1. The van der Waals surface area contributed by atoms with E-state index in [1.165, 1.54) is 12.8 Å². The van der Waals surface area contributed by atoms with Crippen LogP contribution in [0.3, 0.4) is 0 Å². The van der Waals surface area contributed by atoms with Gasteiger partial charge in [0.05, 0.1) is 19.9 Å². The highest BCUT2D eigenvalue weighted by Gasteiger charge is 2.41. The second-order valence-corrected chi connectivity index (χ2v) is 8.73. The molecule has 0 bridgehead atoms. The molecule has 0 spiro atoms. The van der Waals surface area contributed by atoms with Crippen LogP contribution >= 0.6 is 0 Å². The topological polar surface area (TPSA) is 54.4 Å². The molecule has 0 N–H and O–H groups in total. The smallest absolute Gasteiger partial charge is 0.246 e. The molecule has 6 heteroatoms. The average molecular weight is 416 g/mol. The maximum Gasteiger partial charge on any atom is 0.246 e. The van der Waals surface area contributed by atoms with Gasteiger partial charge in [0.2, 0.25) is 5.91 Å². The molecule has 166 valence electrons. The summed E-state index contributed by atoms with van der Waals surface area (Å²) in [6.45, 7) is 1.83. The number of nitrogens with zero attached hydrogens (tertiary/aromatic N) is 3. The van der Waals surface area contributed by atoms with E-state index >= 15 is 0 Å². The van der Waals surface area contributed by atoms with Gasteiger partial charge < -0.3 is 14.4 Å². The minimum atomic E-state index is 0.0630. The minimum Gasteiger partial charge on any atom is -0.493 e. The van der Waals surface area contributed by atoms with Gasteiger partial charge in [-0.25, -0.2) is 5.01 Å². The van der Waals surface area contributed by atoms with E-state index in [0.29, 0.717) is 18.0 Å². The van der Waals surface area contributed by atoms with Crippen LogP contribution in [0.1, 0.15) is 56.9 Å². The first-order valence-corrected chi connectivity index (χ1v) is 11.3. The third-order valence-electron chi connectivity index (χ3n) is 6.32. The molecule has 1 aromatic carbocycles. The lowest BCUT2D eigenvalue weighted by molar-refractivity contribution is -0.139. The van der Waals surface area contributed by atoms with E-state index in [1.807, 2.05) is 18.2 Å². The van der Waals surface area contributed by atoms with Crippen molar-refractivity contribution in [1.29, 1.82) is 0 Å². The number of ether oxygens (including phenoxy) is 2. The zero-order valence-corrected chi connectivity index (χ0v) is 19.0. The number of benzene rings is 1. The van der Waals surface area contributed by atoms with E-state index in [0.717, 1.165) is 56.3 Å². The predicted octanol–water partition coefficient (Wildman–Crippen LogP) is 4.18. The minimum absolute atomic E-state index is 0.0630. The van der Waals surface area contributed by atoms with E-state index in [9.17, 15) is 4.79 Å². The van der Waals surface area contributed by atoms with E-state index in [4.69, 9.17) is 14.6 Å². The first kappa shape index (κ1) is 22.6. The summed E-state index contributed by atoms with van der Waals surface area (Å²) < 4.78 is 10.9. The van der Waals surface area contributed by atoms with Crippen LogP contribution in [-0.4, -0.2) is 62.9 Å². The van der Waals surface area contributed by atoms with Crippen molar-refractivity contribution >= 4 is 11.6 Å². The fraction of sp³-hybridized carbons (Fsp3) is 0.667. The molecule has 1 aromatic rings. The Morgan fingerprint density at radius 2 is 1.70 bits per heavy atom. The zero-order chi connectivity index (χ0) is 21.5. The highest BCUT2D eigenvalue weighted by atomic mass is 16.5. The molecule has 3 rings (SSSR count). The Kier molecular flexibility index (Phi) is 8.14. The van der Waals surface area contributed by atoms with Crippen molar-refractivity contribution in [2.45, 2.75) is 51.4 Å². The van der Waals surface area contributed by atoms with Gasteiger partial charge in [-0.2, -0.15) is 5.10 Å². The first-order chi connectivity index (χ1) is 14.5. The van der Waals surface area contributed by atoms with Crippen molar-refractivity contribution in [3.8, 4) is 11.5 Å². The maximum atomic E-state index is 13.1. The van der Waals surface area contributed by atoms with Crippen molar-refractivity contribution in [3.63, 3.8) is 0 Å². The Bertz CT molecular complexity index is 747. The largest absolute Gasteiger partial charge is 0.493 e. The van der Waals surface area contributed by atoms with E-state index in [1.54, 1.807) is 19.2 Å². The normalized spacial score (nSPS) is 21.4. The highest BCUT2D eigenvalue weighted by Crippen LogP contribution is 2.39. The number of hydrazone groups is 1. The quantitative estimate of drug-likeness (QED) is 0.538. The SMILES string of the molecule is COc1ccc(C2=NN(CCCCCCN(C)C)C(=O)[C@@H]3CCCC[C@H]23)cc1OC. The Hall–Kier alpha value is -2.08. The summed E-state index contributed by atoms with van der Waals surface area (Å²) in [4.78, 5) is 15.4. The fourth-order valence-corrected chi connectivity index (χ4v) is 4.67. The lowest BCUT2D eigenvalue weighted by atomic mass is 9.73. The van der Waals surface area contributed by atoms with Crippen LogP contribution in [0, 0.1) is 11.8 Å². The third kappa shape index (κ3) is 5.34. The zero-order valence-electron chi connectivity index (χ0n) is 19.0. The second kappa shape index (κ2) is 10.8. The van der Waals surface area contributed by atoms with E-state index in [-0.39, 0.29) is 17.7 Å². The molecular formula is C24H37N3O3. The lowest BCUT2D eigenvalue weighted by Crippen LogP contribution is -2.46. The molecule has 30 heavy (non-hydrogen) atoms. The van der Waals surface area contributed by atoms with Crippen LogP contribution in [0.15, 0.2) is 23.3 Å². The predicted molar refractivity (Wildman–Crippen MR) is 120 cm³/mol. The number of amides is 1. The maximum absolute atomic E-state index is 13.1. The van der Waals surface area contributed by atoms with Gasteiger partial charge in [-0.05, 0) is 64.5 Å². The molecule has 0 aromatic heterocycles. The molecule has 2 aliphatic rings. The van der Waals surface area contributed by atoms with E-state index < -0.39 is 0 Å². The molecule has 0 unspecified atom stereocenters. The Morgan fingerprint density at radius 3 is 2.40 bits per heavy atom. The summed E-state index contributed by atoms with van der Waals surface area (Å²) in [7, 11) is 7.51. The Morgan fingerprint density at radius 1 is 1.00 bits per heavy atom. The second-order valence-electron chi connectivity index (χ2n) is 8.73. The molecular weight excluding hydrogens is 378 g/mol. The number of hydrogen-bond donors (Lipinski definition) is 0. The molecule has 1 aliphatic carbocycles. The average Bonchev–Trinajstić information content (AvgIpc) is 2.77. The molecule has 0 radical (unpaired) electrons. The fourth-order valence-electron chi connectivity index (χ4n) is 4.67. The summed E-state index contributed by atoms with van der Waals surface area (Å²) in [5, 5.41) is 6.64. The Labute approximate surface area is 181 Å². The third-order valence-corrected chi connectivity index (χ3v) is 6.32. The number of methoxy groups -OCH3 is 2. The molecule has 1 heterocycles. The van der Waals surface area contributed by atoms with Gasteiger partial charge >= 0.3 is 0 Å². The van der Waals surface area contributed by atoms with Gasteiger partial charge in [0.25, 0.3) is 0 Å². The van der Waals surface area contributed by atoms with Gasteiger partial charge in [0.1, 0.15) is 0 Å². The number of carbonyl (C=O) groups is 1. The summed E-state index contributed by atoms with van der Waals surface area (Å²) in [6, 6.07) is 5.97. The Balaban J connectivity index is 1.75. The van der Waals surface area contributed by atoms with Crippen LogP contribution in [0.25, 0.3) is 0 Å². The van der Waals surface area contributed by atoms with Crippen LogP contribution < -0.4 is 9.47 Å². The first-order valence-electron chi connectivity index (χ1n) is 11.3.